The van der Waals surface area contributed by atoms with Crippen molar-refractivity contribution < 1.29 is 4.79 Å². The third-order valence-electron chi connectivity index (χ3n) is 4.17. The second-order valence-electron chi connectivity index (χ2n) is 6.44. The number of nitrogens with zero attached hydrogens (tertiary/aromatic N) is 2. The van der Waals surface area contributed by atoms with Gasteiger partial charge in [-0.15, -0.1) is 0 Å². The van der Waals surface area contributed by atoms with Gasteiger partial charge in [0.25, 0.3) is 0 Å². The first-order valence-electron chi connectivity index (χ1n) is 8.40. The van der Waals surface area contributed by atoms with Gasteiger partial charge in [0.2, 0.25) is 0 Å². The van der Waals surface area contributed by atoms with Crippen LogP contribution >= 0.6 is 12.2 Å². The highest BCUT2D eigenvalue weighted by Gasteiger charge is 2.10. The minimum absolute atomic E-state index is 0.00863. The average Bonchev–Trinajstić information content (AvgIpc) is 2.61. The van der Waals surface area contributed by atoms with Crippen molar-refractivity contribution in [1.29, 1.82) is 0 Å². The van der Waals surface area contributed by atoms with Gasteiger partial charge < -0.3 is 0 Å². The Kier molecular flexibility index (Phi) is 5.28. The fourth-order valence-electron chi connectivity index (χ4n) is 3.04. The third kappa shape index (κ3) is 4.06. The number of carbonyl (C=O) groups is 1. The molecule has 0 bridgehead atoms. The molecule has 0 radical (unpaired) electrons. The average molecular weight is 364 g/mol. The number of carbonyl (C=O) groups excluding carboxylic acids is 1. The van der Waals surface area contributed by atoms with E-state index in [-0.39, 0.29) is 18.0 Å². The van der Waals surface area contributed by atoms with Gasteiger partial charge in [-0.1, -0.05) is 71.9 Å². The minimum Gasteiger partial charge on any atom is -0.293 e. The van der Waals surface area contributed by atoms with Crippen molar-refractivity contribution in [3.8, 4) is 0 Å². The molecule has 26 heavy (non-hydrogen) atoms. The van der Waals surface area contributed by atoms with Gasteiger partial charge in [0.15, 0.2) is 5.78 Å². The van der Waals surface area contributed by atoms with Crippen LogP contribution in [-0.4, -0.2) is 14.9 Å². The monoisotopic (exact) mass is 364 g/mol. The predicted octanol–water partition coefficient (Wildman–Crippen LogP) is 3.93. The molecule has 0 fully saturated rings. The van der Waals surface area contributed by atoms with Crippen LogP contribution in [0.2, 0.25) is 0 Å². The van der Waals surface area contributed by atoms with Crippen LogP contribution in [0, 0.1) is 18.5 Å². The maximum Gasteiger partial charge on any atom is 0.329 e. The molecule has 5 heteroatoms. The Hall–Kier alpha value is -2.79. The first-order valence-corrected chi connectivity index (χ1v) is 8.80. The van der Waals surface area contributed by atoms with E-state index in [1.54, 1.807) is 24.4 Å². The van der Waals surface area contributed by atoms with Gasteiger partial charge in [-0.3, -0.25) is 13.9 Å². The molecule has 1 heterocycles. The van der Waals surface area contributed by atoms with Crippen molar-refractivity contribution in [2.24, 2.45) is 0 Å². The lowest BCUT2D eigenvalue weighted by molar-refractivity contribution is 0.0969. The lowest BCUT2D eigenvalue weighted by Gasteiger charge is -2.12. The SMILES string of the molecule is Cc1cc(C)cc(Cn2c(=S)ccn(CC(=O)c3ccccc3)c2=O)c1. The summed E-state index contributed by atoms with van der Waals surface area (Å²) in [6.45, 7) is 4.43. The molecule has 132 valence electrons. The van der Waals surface area contributed by atoms with E-state index in [9.17, 15) is 9.59 Å². The van der Waals surface area contributed by atoms with E-state index in [4.69, 9.17) is 12.2 Å². The second kappa shape index (κ2) is 7.62. The summed E-state index contributed by atoms with van der Waals surface area (Å²) < 4.78 is 3.40. The normalized spacial score (nSPS) is 10.7. The zero-order chi connectivity index (χ0) is 18.7. The van der Waals surface area contributed by atoms with E-state index in [1.807, 2.05) is 44.2 Å². The number of hydrogen-bond acceptors (Lipinski definition) is 3. The zero-order valence-corrected chi connectivity index (χ0v) is 15.6. The molecule has 0 aliphatic carbocycles. The Balaban J connectivity index is 1.93. The topological polar surface area (TPSA) is 44.0 Å². The fraction of sp³-hybridized carbons (Fsp3) is 0.190. The van der Waals surface area contributed by atoms with Crippen LogP contribution in [-0.2, 0) is 13.1 Å². The molecule has 1 aromatic heterocycles. The van der Waals surface area contributed by atoms with E-state index in [0.717, 1.165) is 16.7 Å². The number of hydrogen-bond donors (Lipinski definition) is 0. The summed E-state index contributed by atoms with van der Waals surface area (Å²) >= 11 is 5.34. The van der Waals surface area contributed by atoms with Crippen molar-refractivity contribution in [1.82, 2.24) is 9.13 Å². The van der Waals surface area contributed by atoms with Gasteiger partial charge in [0, 0.05) is 11.8 Å². The molecule has 0 unspecified atom stereocenters. The number of benzene rings is 2. The number of ketones is 1. The molecule has 0 amide bonds. The summed E-state index contributed by atoms with van der Waals surface area (Å²) in [5.74, 6) is -0.109. The Morgan fingerprint density at radius 1 is 1.00 bits per heavy atom. The number of Topliss-reactive ketones (excluding diaryl/α,β-unsaturated/α-hetero) is 1. The van der Waals surface area contributed by atoms with E-state index < -0.39 is 0 Å². The van der Waals surface area contributed by atoms with Crippen LogP contribution in [0.25, 0.3) is 0 Å². The summed E-state index contributed by atoms with van der Waals surface area (Å²) in [7, 11) is 0. The van der Waals surface area contributed by atoms with Gasteiger partial charge in [0.1, 0.15) is 4.64 Å². The summed E-state index contributed by atoms with van der Waals surface area (Å²) in [6, 6.07) is 16.8. The van der Waals surface area contributed by atoms with Gasteiger partial charge in [-0.2, -0.15) is 0 Å². The Morgan fingerprint density at radius 3 is 2.31 bits per heavy atom. The molecule has 3 rings (SSSR count). The highest BCUT2D eigenvalue weighted by atomic mass is 32.1. The molecule has 0 saturated heterocycles. The van der Waals surface area contributed by atoms with E-state index in [1.165, 1.54) is 9.13 Å². The molecular formula is C21H20N2O2S. The van der Waals surface area contributed by atoms with Crippen molar-refractivity contribution in [3.05, 3.63) is 98.2 Å². The third-order valence-corrected chi connectivity index (χ3v) is 4.53. The van der Waals surface area contributed by atoms with Crippen LogP contribution in [0.1, 0.15) is 27.0 Å². The lowest BCUT2D eigenvalue weighted by Crippen LogP contribution is -2.33. The van der Waals surface area contributed by atoms with Gasteiger partial charge in [-0.05, 0) is 25.5 Å². The molecular weight excluding hydrogens is 344 g/mol. The van der Waals surface area contributed by atoms with Crippen LogP contribution in [0.3, 0.4) is 0 Å². The highest BCUT2D eigenvalue weighted by Crippen LogP contribution is 2.10. The minimum atomic E-state index is -0.277. The van der Waals surface area contributed by atoms with E-state index >= 15 is 0 Å². The van der Waals surface area contributed by atoms with Crippen LogP contribution < -0.4 is 5.69 Å². The molecule has 0 saturated carbocycles. The molecule has 2 aromatic carbocycles. The number of aromatic nitrogens is 2. The lowest BCUT2D eigenvalue weighted by atomic mass is 10.1. The molecule has 4 nitrogen and oxygen atoms in total. The second-order valence-corrected chi connectivity index (χ2v) is 6.85. The van der Waals surface area contributed by atoms with Crippen molar-refractivity contribution in [2.45, 2.75) is 26.9 Å². The van der Waals surface area contributed by atoms with Crippen LogP contribution in [0.5, 0.6) is 0 Å². The largest absolute Gasteiger partial charge is 0.329 e. The molecule has 0 aliphatic rings. The maximum absolute atomic E-state index is 12.8. The summed E-state index contributed by atoms with van der Waals surface area (Å²) in [5, 5.41) is 0. The van der Waals surface area contributed by atoms with Gasteiger partial charge >= 0.3 is 5.69 Å². The zero-order valence-electron chi connectivity index (χ0n) is 14.8. The number of aryl methyl sites for hydroxylation is 2. The van der Waals surface area contributed by atoms with E-state index in [0.29, 0.717) is 16.7 Å². The Morgan fingerprint density at radius 2 is 1.65 bits per heavy atom. The molecule has 3 aromatic rings. The molecule has 0 N–H and O–H groups in total. The van der Waals surface area contributed by atoms with E-state index in [2.05, 4.69) is 6.07 Å². The maximum atomic E-state index is 12.8. The van der Waals surface area contributed by atoms with Crippen molar-refractivity contribution in [3.63, 3.8) is 0 Å². The Labute approximate surface area is 157 Å². The van der Waals surface area contributed by atoms with Crippen LogP contribution in [0.15, 0.2) is 65.6 Å². The standard InChI is InChI=1S/C21H20N2O2S/c1-15-10-16(2)12-17(11-15)13-23-20(26)8-9-22(21(23)25)14-19(24)18-6-4-3-5-7-18/h3-12H,13-14H2,1-2H3. The summed E-state index contributed by atoms with van der Waals surface area (Å²) in [4.78, 5) is 25.3. The quantitative estimate of drug-likeness (QED) is 0.509. The molecule has 0 spiro atoms. The summed E-state index contributed by atoms with van der Waals surface area (Å²) in [6.07, 6.45) is 1.59. The predicted molar refractivity (Wildman–Crippen MR) is 105 cm³/mol. The van der Waals surface area contributed by atoms with Crippen molar-refractivity contribution >= 4 is 18.0 Å². The summed E-state index contributed by atoms with van der Waals surface area (Å²) in [5.41, 5.74) is 3.61. The van der Waals surface area contributed by atoms with Crippen LogP contribution in [0.4, 0.5) is 0 Å². The number of rotatable bonds is 5. The first kappa shape index (κ1) is 18.0. The first-order chi connectivity index (χ1) is 12.4. The fourth-order valence-corrected chi connectivity index (χ4v) is 3.24. The van der Waals surface area contributed by atoms with Gasteiger partial charge in [0.05, 0.1) is 13.1 Å². The van der Waals surface area contributed by atoms with Gasteiger partial charge in [-0.25, -0.2) is 4.79 Å². The molecule has 0 atom stereocenters. The van der Waals surface area contributed by atoms with Crippen molar-refractivity contribution in [2.75, 3.05) is 0 Å². The molecule has 0 aliphatic heterocycles. The Bertz CT molecular complexity index is 1050. The smallest absolute Gasteiger partial charge is 0.293 e. The highest BCUT2D eigenvalue weighted by molar-refractivity contribution is 7.71.